The van der Waals surface area contributed by atoms with E-state index in [9.17, 15) is 13.2 Å². The van der Waals surface area contributed by atoms with Gasteiger partial charge in [-0.15, -0.1) is 0 Å². The van der Waals surface area contributed by atoms with Crippen LogP contribution in [0.3, 0.4) is 0 Å². The van der Waals surface area contributed by atoms with E-state index in [1.165, 1.54) is 6.07 Å². The number of hydrogen-bond donors (Lipinski definition) is 1. The summed E-state index contributed by atoms with van der Waals surface area (Å²) in [7, 11) is -2.84. The Hall–Kier alpha value is -1.56. The van der Waals surface area contributed by atoms with Crippen molar-refractivity contribution in [2.45, 2.75) is 12.8 Å². The lowest BCUT2D eigenvalue weighted by molar-refractivity contribution is 0.578. The Labute approximate surface area is 104 Å². The third kappa shape index (κ3) is 2.08. The lowest BCUT2D eigenvalue weighted by atomic mass is 10.0. The summed E-state index contributed by atoms with van der Waals surface area (Å²) in [6, 6.07) is 5.04. The number of imidazole rings is 1. The molecule has 5 nitrogen and oxygen atoms in total. The lowest BCUT2D eigenvalue weighted by Crippen LogP contribution is -2.09. The highest BCUT2D eigenvalue weighted by Gasteiger charge is 2.28. The number of fused-ring (bicyclic) bond motifs is 1. The third-order valence-corrected chi connectivity index (χ3v) is 5.24. The number of nitrogens with zero attached hydrogens (tertiary/aromatic N) is 1. The number of rotatable bonds is 2. The summed E-state index contributed by atoms with van der Waals surface area (Å²) in [4.78, 5) is 14.7. The van der Waals surface area contributed by atoms with Crippen molar-refractivity contribution < 1.29 is 8.42 Å². The van der Waals surface area contributed by atoms with Crippen molar-refractivity contribution in [1.82, 2.24) is 9.38 Å². The molecule has 1 aliphatic rings. The smallest absolute Gasteiger partial charge is 0.256 e. The van der Waals surface area contributed by atoms with E-state index in [-0.39, 0.29) is 23.0 Å². The topological polar surface area (TPSA) is 71.4 Å². The Morgan fingerprint density at radius 2 is 2.22 bits per heavy atom. The van der Waals surface area contributed by atoms with Gasteiger partial charge in [-0.1, -0.05) is 6.07 Å². The van der Waals surface area contributed by atoms with Crippen LogP contribution in [0.5, 0.6) is 0 Å². The zero-order valence-corrected chi connectivity index (χ0v) is 10.6. The van der Waals surface area contributed by atoms with Gasteiger partial charge in [0.15, 0.2) is 9.84 Å². The summed E-state index contributed by atoms with van der Waals surface area (Å²) in [6.45, 7) is 0. The molecule has 0 saturated carbocycles. The van der Waals surface area contributed by atoms with Crippen LogP contribution < -0.4 is 5.56 Å². The minimum Gasteiger partial charge on any atom is -0.343 e. The number of aromatic amines is 1. The second-order valence-electron chi connectivity index (χ2n) is 4.87. The number of hydrogen-bond acceptors (Lipinski definition) is 3. The molecule has 0 aliphatic carbocycles. The third-order valence-electron chi connectivity index (χ3n) is 3.40. The summed E-state index contributed by atoms with van der Waals surface area (Å²) in [5, 5.41) is 0. The van der Waals surface area contributed by atoms with E-state index < -0.39 is 9.84 Å². The van der Waals surface area contributed by atoms with Crippen LogP contribution in [0.4, 0.5) is 0 Å². The average Bonchev–Trinajstić information content (AvgIpc) is 2.83. The Kier molecular flexibility index (Phi) is 2.55. The maximum Gasteiger partial charge on any atom is 0.256 e. The number of H-pyrrole nitrogens is 1. The zero-order valence-electron chi connectivity index (χ0n) is 9.80. The van der Waals surface area contributed by atoms with E-state index in [0.29, 0.717) is 12.8 Å². The summed E-state index contributed by atoms with van der Waals surface area (Å²) >= 11 is 0. The van der Waals surface area contributed by atoms with Crippen molar-refractivity contribution in [3.63, 3.8) is 0 Å². The minimum atomic E-state index is -2.84. The normalized spacial score (nSPS) is 22.6. The SMILES string of the molecule is O=c1cccc2[nH]c(CC3CCS(=O)(=O)C3)cn12. The molecule has 1 atom stereocenters. The molecule has 96 valence electrons. The van der Waals surface area contributed by atoms with Crippen LogP contribution in [0.2, 0.25) is 0 Å². The van der Waals surface area contributed by atoms with Gasteiger partial charge in [-0.05, 0) is 24.8 Å². The van der Waals surface area contributed by atoms with E-state index >= 15 is 0 Å². The highest BCUT2D eigenvalue weighted by molar-refractivity contribution is 7.91. The number of nitrogens with one attached hydrogen (secondary N) is 1. The molecule has 3 heterocycles. The van der Waals surface area contributed by atoms with Gasteiger partial charge in [-0.2, -0.15) is 0 Å². The Morgan fingerprint density at radius 3 is 2.89 bits per heavy atom. The maximum absolute atomic E-state index is 11.6. The van der Waals surface area contributed by atoms with Crippen LogP contribution in [0.15, 0.2) is 29.2 Å². The molecule has 2 aromatic rings. The van der Waals surface area contributed by atoms with E-state index in [1.807, 2.05) is 6.07 Å². The van der Waals surface area contributed by atoms with Crippen LogP contribution in [0.1, 0.15) is 12.1 Å². The van der Waals surface area contributed by atoms with Gasteiger partial charge in [-0.3, -0.25) is 9.20 Å². The molecule has 1 fully saturated rings. The van der Waals surface area contributed by atoms with Crippen molar-refractivity contribution >= 4 is 15.5 Å². The molecule has 0 amide bonds. The second kappa shape index (κ2) is 3.98. The van der Waals surface area contributed by atoms with Gasteiger partial charge in [0, 0.05) is 18.0 Å². The predicted molar refractivity (Wildman–Crippen MR) is 68.5 cm³/mol. The molecule has 18 heavy (non-hydrogen) atoms. The quantitative estimate of drug-likeness (QED) is 0.865. The van der Waals surface area contributed by atoms with Gasteiger partial charge in [0.25, 0.3) is 5.56 Å². The Bertz CT molecular complexity index is 742. The van der Waals surface area contributed by atoms with Crippen molar-refractivity contribution in [3.8, 4) is 0 Å². The average molecular weight is 266 g/mol. The standard InChI is InChI=1S/C12H14N2O3S/c15-12-3-1-2-11-13-10(7-14(11)12)6-9-4-5-18(16,17)8-9/h1-3,7,9,13H,4-6,8H2. The summed E-state index contributed by atoms with van der Waals surface area (Å²) in [5.41, 5.74) is 1.59. The van der Waals surface area contributed by atoms with Crippen molar-refractivity contribution in [2.24, 2.45) is 5.92 Å². The monoisotopic (exact) mass is 266 g/mol. The first kappa shape index (κ1) is 11.5. The first-order valence-electron chi connectivity index (χ1n) is 5.93. The first-order valence-corrected chi connectivity index (χ1v) is 7.75. The zero-order chi connectivity index (χ0) is 12.8. The van der Waals surface area contributed by atoms with Gasteiger partial charge >= 0.3 is 0 Å². The highest BCUT2D eigenvalue weighted by Crippen LogP contribution is 2.22. The second-order valence-corrected chi connectivity index (χ2v) is 7.10. The first-order chi connectivity index (χ1) is 8.53. The van der Waals surface area contributed by atoms with Crippen molar-refractivity contribution in [1.29, 1.82) is 0 Å². The minimum absolute atomic E-state index is 0.0750. The largest absolute Gasteiger partial charge is 0.343 e. The number of sulfone groups is 1. The maximum atomic E-state index is 11.6. The van der Waals surface area contributed by atoms with Crippen LogP contribution >= 0.6 is 0 Å². The van der Waals surface area contributed by atoms with Gasteiger partial charge < -0.3 is 4.98 Å². The van der Waals surface area contributed by atoms with E-state index in [0.717, 1.165) is 11.3 Å². The summed E-state index contributed by atoms with van der Waals surface area (Å²) in [5.74, 6) is 0.716. The molecular weight excluding hydrogens is 252 g/mol. The van der Waals surface area contributed by atoms with Crippen molar-refractivity contribution in [2.75, 3.05) is 11.5 Å². The van der Waals surface area contributed by atoms with Crippen LogP contribution in [0, 0.1) is 5.92 Å². The van der Waals surface area contributed by atoms with Crippen molar-refractivity contribution in [3.05, 3.63) is 40.4 Å². The fourth-order valence-electron chi connectivity index (χ4n) is 2.54. The number of pyridine rings is 1. The Morgan fingerprint density at radius 1 is 1.39 bits per heavy atom. The van der Waals surface area contributed by atoms with Gasteiger partial charge in [0.05, 0.1) is 11.5 Å². The molecule has 0 bridgehead atoms. The highest BCUT2D eigenvalue weighted by atomic mass is 32.2. The van der Waals surface area contributed by atoms with Crippen LogP contribution in [0.25, 0.3) is 5.65 Å². The molecule has 0 aromatic carbocycles. The van der Waals surface area contributed by atoms with E-state index in [1.54, 1.807) is 16.7 Å². The molecule has 1 unspecified atom stereocenters. The number of aromatic nitrogens is 2. The van der Waals surface area contributed by atoms with Crippen LogP contribution in [-0.2, 0) is 16.3 Å². The Balaban J connectivity index is 1.88. The van der Waals surface area contributed by atoms with Gasteiger partial charge in [-0.25, -0.2) is 8.42 Å². The van der Waals surface area contributed by atoms with Gasteiger partial charge in [0.2, 0.25) is 0 Å². The van der Waals surface area contributed by atoms with Gasteiger partial charge in [0.1, 0.15) is 5.65 Å². The molecule has 1 saturated heterocycles. The molecule has 0 spiro atoms. The molecule has 1 N–H and O–H groups in total. The summed E-state index contributed by atoms with van der Waals surface area (Å²) < 4.78 is 24.3. The van der Waals surface area contributed by atoms with Crippen LogP contribution in [-0.4, -0.2) is 29.3 Å². The summed E-state index contributed by atoms with van der Waals surface area (Å²) in [6.07, 6.45) is 3.16. The lowest BCUT2D eigenvalue weighted by Gasteiger charge is -2.03. The van der Waals surface area contributed by atoms with E-state index in [4.69, 9.17) is 0 Å². The molecule has 0 radical (unpaired) electrons. The molecule has 1 aliphatic heterocycles. The fraction of sp³-hybridized carbons (Fsp3) is 0.417. The molecule has 2 aromatic heterocycles. The molecule has 3 rings (SSSR count). The fourth-order valence-corrected chi connectivity index (χ4v) is 4.40. The van der Waals surface area contributed by atoms with E-state index in [2.05, 4.69) is 4.98 Å². The predicted octanol–water partition coefficient (Wildman–Crippen LogP) is 0.605. The molecule has 6 heteroatoms. The molecular formula is C12H14N2O3S.